The zero-order valence-electron chi connectivity index (χ0n) is 9.83. The molecule has 17 heavy (non-hydrogen) atoms. The maximum Gasteiger partial charge on any atom is 0.189 e. The average molecular weight is 268 g/mol. The summed E-state index contributed by atoms with van der Waals surface area (Å²) < 4.78 is 0. The van der Waals surface area contributed by atoms with Crippen LogP contribution in [0.4, 0.5) is 5.69 Å². The first-order valence-corrected chi connectivity index (χ1v) is 6.11. The number of hydrogen-bond donors (Lipinski definition) is 4. The zero-order valence-corrected chi connectivity index (χ0v) is 11.5. The Hall–Kier alpha value is -1.40. The van der Waals surface area contributed by atoms with Gasteiger partial charge in [-0.25, -0.2) is 0 Å². The van der Waals surface area contributed by atoms with Crippen molar-refractivity contribution in [3.05, 3.63) is 29.8 Å². The second-order valence-electron chi connectivity index (χ2n) is 3.29. The van der Waals surface area contributed by atoms with Crippen molar-refractivity contribution < 1.29 is 0 Å². The van der Waals surface area contributed by atoms with Crippen LogP contribution in [-0.2, 0) is 6.42 Å². The second kappa shape index (κ2) is 7.03. The highest BCUT2D eigenvalue weighted by Gasteiger charge is 2.01. The SMILES string of the molecule is CCc1ccccc1NC(=S)NNC(=S)NC. The number of thiocarbonyl (C=S) groups is 2. The third-order valence-electron chi connectivity index (χ3n) is 2.16. The molecule has 4 N–H and O–H groups in total. The number of anilines is 1. The Balaban J connectivity index is 2.53. The van der Waals surface area contributed by atoms with Crippen molar-refractivity contribution in [3.63, 3.8) is 0 Å². The van der Waals surface area contributed by atoms with Gasteiger partial charge in [-0.3, -0.25) is 10.9 Å². The van der Waals surface area contributed by atoms with Gasteiger partial charge in [-0.05, 0) is 42.5 Å². The smallest absolute Gasteiger partial charge is 0.189 e. The molecule has 0 spiro atoms. The molecule has 0 unspecified atom stereocenters. The molecule has 4 nitrogen and oxygen atoms in total. The van der Waals surface area contributed by atoms with E-state index >= 15 is 0 Å². The van der Waals surface area contributed by atoms with Gasteiger partial charge in [0.25, 0.3) is 0 Å². The van der Waals surface area contributed by atoms with Crippen molar-refractivity contribution in [1.29, 1.82) is 0 Å². The Labute approximate surface area is 112 Å². The quantitative estimate of drug-likeness (QED) is 0.482. The van der Waals surface area contributed by atoms with Crippen molar-refractivity contribution in [3.8, 4) is 0 Å². The number of nitrogens with one attached hydrogen (secondary N) is 4. The minimum absolute atomic E-state index is 0.475. The number of para-hydroxylation sites is 1. The van der Waals surface area contributed by atoms with Crippen LogP contribution in [0.5, 0.6) is 0 Å². The lowest BCUT2D eigenvalue weighted by molar-refractivity contribution is 0.853. The molecule has 0 aliphatic heterocycles. The highest BCUT2D eigenvalue weighted by Crippen LogP contribution is 2.14. The summed E-state index contributed by atoms with van der Waals surface area (Å²) in [5, 5.41) is 6.85. The first kappa shape index (κ1) is 13.7. The molecule has 0 fully saturated rings. The molecule has 0 aliphatic rings. The maximum atomic E-state index is 5.14. The molecule has 92 valence electrons. The molecule has 0 amide bonds. The first-order valence-electron chi connectivity index (χ1n) is 5.30. The van der Waals surface area contributed by atoms with Crippen LogP contribution in [0.15, 0.2) is 24.3 Å². The van der Waals surface area contributed by atoms with E-state index in [9.17, 15) is 0 Å². The predicted molar refractivity (Wildman–Crippen MR) is 80.0 cm³/mol. The van der Waals surface area contributed by atoms with Crippen LogP contribution in [0.3, 0.4) is 0 Å². The summed E-state index contributed by atoms with van der Waals surface area (Å²) in [6.07, 6.45) is 0.953. The molecular formula is C11H16N4S2. The molecule has 0 atom stereocenters. The molecule has 0 aromatic heterocycles. The van der Waals surface area contributed by atoms with E-state index in [2.05, 4.69) is 34.5 Å². The van der Waals surface area contributed by atoms with Crippen molar-refractivity contribution in [2.24, 2.45) is 0 Å². The molecule has 0 saturated carbocycles. The lowest BCUT2D eigenvalue weighted by atomic mass is 10.1. The molecule has 0 saturated heterocycles. The van der Waals surface area contributed by atoms with Crippen LogP contribution < -0.4 is 21.5 Å². The van der Waals surface area contributed by atoms with Crippen LogP contribution in [0.1, 0.15) is 12.5 Å². The van der Waals surface area contributed by atoms with Crippen molar-refractivity contribution in [1.82, 2.24) is 16.2 Å². The van der Waals surface area contributed by atoms with E-state index in [1.54, 1.807) is 7.05 Å². The van der Waals surface area contributed by atoms with Crippen molar-refractivity contribution >= 4 is 40.3 Å². The number of hydrogen-bond acceptors (Lipinski definition) is 2. The summed E-state index contributed by atoms with van der Waals surface area (Å²) in [6.45, 7) is 2.10. The summed E-state index contributed by atoms with van der Waals surface area (Å²) in [6, 6.07) is 8.03. The highest BCUT2D eigenvalue weighted by molar-refractivity contribution is 7.80. The topological polar surface area (TPSA) is 48.1 Å². The Kier molecular flexibility index (Phi) is 5.65. The summed E-state index contributed by atoms with van der Waals surface area (Å²) >= 11 is 10.1. The fourth-order valence-corrected chi connectivity index (χ4v) is 1.49. The van der Waals surface area contributed by atoms with E-state index in [-0.39, 0.29) is 0 Å². The number of aryl methyl sites for hydroxylation is 1. The van der Waals surface area contributed by atoms with Crippen LogP contribution in [0.25, 0.3) is 0 Å². The highest BCUT2D eigenvalue weighted by atomic mass is 32.1. The number of benzene rings is 1. The fraction of sp³-hybridized carbons (Fsp3) is 0.273. The second-order valence-corrected chi connectivity index (χ2v) is 4.11. The zero-order chi connectivity index (χ0) is 12.7. The standard InChI is InChI=1S/C11H16N4S2/c1-3-8-6-4-5-7-9(8)13-11(17)15-14-10(16)12-2/h4-7H,3H2,1-2H3,(H2,12,14,16)(H2,13,15,17). The lowest BCUT2D eigenvalue weighted by Gasteiger charge is -2.14. The van der Waals surface area contributed by atoms with E-state index in [0.717, 1.165) is 12.1 Å². The largest absolute Gasteiger partial charge is 0.364 e. The predicted octanol–water partition coefficient (Wildman–Crippen LogP) is 1.54. The minimum Gasteiger partial charge on any atom is -0.364 e. The molecular weight excluding hydrogens is 252 g/mol. The van der Waals surface area contributed by atoms with Gasteiger partial charge < -0.3 is 10.6 Å². The van der Waals surface area contributed by atoms with Crippen molar-refractivity contribution in [2.75, 3.05) is 12.4 Å². The van der Waals surface area contributed by atoms with Crippen molar-refractivity contribution in [2.45, 2.75) is 13.3 Å². The van der Waals surface area contributed by atoms with Gasteiger partial charge in [0, 0.05) is 12.7 Å². The first-order chi connectivity index (χ1) is 8.17. The monoisotopic (exact) mass is 268 g/mol. The average Bonchev–Trinajstić information content (AvgIpc) is 2.36. The normalized spacial score (nSPS) is 9.29. The van der Waals surface area contributed by atoms with Crippen LogP contribution >= 0.6 is 24.4 Å². The van der Waals surface area contributed by atoms with Gasteiger partial charge in [0.15, 0.2) is 10.2 Å². The van der Waals surface area contributed by atoms with E-state index in [1.807, 2.05) is 18.2 Å². The van der Waals surface area contributed by atoms with Gasteiger partial charge in [0.1, 0.15) is 0 Å². The van der Waals surface area contributed by atoms with Crippen LogP contribution in [0, 0.1) is 0 Å². The fourth-order valence-electron chi connectivity index (χ4n) is 1.28. The summed E-state index contributed by atoms with van der Waals surface area (Å²) in [5.41, 5.74) is 7.78. The van der Waals surface area contributed by atoms with Crippen LogP contribution in [-0.4, -0.2) is 17.3 Å². The Bertz CT molecular complexity index is 406. The van der Waals surface area contributed by atoms with Gasteiger partial charge in [0.2, 0.25) is 0 Å². The van der Waals surface area contributed by atoms with Gasteiger partial charge >= 0.3 is 0 Å². The van der Waals surface area contributed by atoms with E-state index in [1.165, 1.54) is 5.56 Å². The minimum atomic E-state index is 0.475. The number of rotatable bonds is 2. The number of hydrazine groups is 1. The molecule has 0 heterocycles. The van der Waals surface area contributed by atoms with Gasteiger partial charge in [-0.15, -0.1) is 0 Å². The molecule has 1 rings (SSSR count). The molecule has 1 aromatic rings. The molecule has 0 aliphatic carbocycles. The molecule has 1 aromatic carbocycles. The Morgan fingerprint density at radius 1 is 1.12 bits per heavy atom. The van der Waals surface area contributed by atoms with E-state index < -0.39 is 0 Å². The van der Waals surface area contributed by atoms with Gasteiger partial charge in [0.05, 0.1) is 0 Å². The van der Waals surface area contributed by atoms with Gasteiger partial charge in [-0.2, -0.15) is 0 Å². The summed E-state index contributed by atoms with van der Waals surface area (Å²) in [5.74, 6) is 0. The molecule has 6 heteroatoms. The molecule has 0 bridgehead atoms. The lowest BCUT2D eigenvalue weighted by Crippen LogP contribution is -2.47. The Morgan fingerprint density at radius 2 is 1.76 bits per heavy atom. The summed E-state index contributed by atoms with van der Waals surface area (Å²) in [4.78, 5) is 0. The van der Waals surface area contributed by atoms with Gasteiger partial charge in [-0.1, -0.05) is 25.1 Å². The third kappa shape index (κ3) is 4.54. The Morgan fingerprint density at radius 3 is 2.41 bits per heavy atom. The van der Waals surface area contributed by atoms with E-state index in [0.29, 0.717) is 10.2 Å². The summed E-state index contributed by atoms with van der Waals surface area (Å²) in [7, 11) is 1.74. The van der Waals surface area contributed by atoms with Crippen LogP contribution in [0.2, 0.25) is 0 Å². The molecule has 0 radical (unpaired) electrons. The third-order valence-corrected chi connectivity index (χ3v) is 2.67. The maximum absolute atomic E-state index is 5.14. The van der Waals surface area contributed by atoms with E-state index in [4.69, 9.17) is 24.4 Å².